The molecule has 1 N–H and O–H groups in total. The fourth-order valence-electron chi connectivity index (χ4n) is 2.33. The van der Waals surface area contributed by atoms with E-state index in [0.29, 0.717) is 12.0 Å². The topological polar surface area (TPSA) is 34.2 Å². The fourth-order valence-corrected chi connectivity index (χ4v) is 2.33. The first-order valence-electron chi connectivity index (χ1n) is 6.05. The van der Waals surface area contributed by atoms with Gasteiger partial charge in [0.2, 0.25) is 0 Å². The van der Waals surface area contributed by atoms with Crippen LogP contribution in [0.4, 0.5) is 0 Å². The van der Waals surface area contributed by atoms with Gasteiger partial charge in [-0.3, -0.25) is 4.98 Å². The summed E-state index contributed by atoms with van der Waals surface area (Å²) in [7, 11) is 2.03. The summed E-state index contributed by atoms with van der Waals surface area (Å²) in [5.74, 6) is 0.626. The third-order valence-corrected chi connectivity index (χ3v) is 3.29. The van der Waals surface area contributed by atoms with Crippen LogP contribution in [0, 0.1) is 5.92 Å². The lowest BCUT2D eigenvalue weighted by molar-refractivity contribution is 0.0403. The Balaban J connectivity index is 1.94. The van der Waals surface area contributed by atoms with E-state index in [-0.39, 0.29) is 0 Å². The van der Waals surface area contributed by atoms with Gasteiger partial charge in [-0.15, -0.1) is 0 Å². The molecule has 1 aromatic heterocycles. The number of pyridine rings is 1. The zero-order valence-electron chi connectivity index (χ0n) is 9.86. The van der Waals surface area contributed by atoms with Crippen molar-refractivity contribution in [3.05, 3.63) is 30.1 Å². The number of nitrogens with zero attached hydrogens (tertiary/aromatic N) is 1. The van der Waals surface area contributed by atoms with Gasteiger partial charge in [0.15, 0.2) is 0 Å². The van der Waals surface area contributed by atoms with Crippen molar-refractivity contribution in [3.8, 4) is 0 Å². The van der Waals surface area contributed by atoms with Crippen molar-refractivity contribution in [1.29, 1.82) is 0 Å². The summed E-state index contributed by atoms with van der Waals surface area (Å²) in [6, 6.07) is 6.58. The Morgan fingerprint density at radius 3 is 3.12 bits per heavy atom. The minimum absolute atomic E-state index is 0.482. The van der Waals surface area contributed by atoms with Crippen molar-refractivity contribution in [3.63, 3.8) is 0 Å². The summed E-state index contributed by atoms with van der Waals surface area (Å²) in [6.07, 6.45) is 5.30. The highest BCUT2D eigenvalue weighted by Crippen LogP contribution is 2.19. The first-order valence-corrected chi connectivity index (χ1v) is 6.05. The number of nitrogens with one attached hydrogen (secondary N) is 1. The molecule has 1 fully saturated rings. The molecule has 1 aromatic rings. The number of rotatable bonds is 4. The van der Waals surface area contributed by atoms with Crippen molar-refractivity contribution < 1.29 is 4.74 Å². The molecule has 16 heavy (non-hydrogen) atoms. The van der Waals surface area contributed by atoms with Gasteiger partial charge in [-0.2, -0.15) is 0 Å². The Labute approximate surface area is 97.2 Å². The zero-order chi connectivity index (χ0) is 11.2. The molecule has 2 atom stereocenters. The van der Waals surface area contributed by atoms with Crippen molar-refractivity contribution in [2.45, 2.75) is 25.3 Å². The average molecular weight is 220 g/mol. The molecule has 1 saturated heterocycles. The van der Waals surface area contributed by atoms with E-state index in [1.165, 1.54) is 12.8 Å². The SMILES string of the molecule is CNC(Cc1ccccn1)C1CCCOC1. The third-order valence-electron chi connectivity index (χ3n) is 3.29. The monoisotopic (exact) mass is 220 g/mol. The summed E-state index contributed by atoms with van der Waals surface area (Å²) in [4.78, 5) is 4.38. The van der Waals surface area contributed by atoms with Crippen LogP contribution in [-0.2, 0) is 11.2 Å². The molecule has 2 heterocycles. The van der Waals surface area contributed by atoms with E-state index in [1.54, 1.807) is 0 Å². The van der Waals surface area contributed by atoms with E-state index in [2.05, 4.69) is 16.4 Å². The minimum atomic E-state index is 0.482. The Bertz CT molecular complexity index is 296. The molecule has 0 aromatic carbocycles. The molecule has 88 valence electrons. The van der Waals surface area contributed by atoms with Crippen LogP contribution in [0.5, 0.6) is 0 Å². The van der Waals surface area contributed by atoms with Crippen molar-refractivity contribution in [2.24, 2.45) is 5.92 Å². The van der Waals surface area contributed by atoms with E-state index in [4.69, 9.17) is 4.74 Å². The number of hydrogen-bond acceptors (Lipinski definition) is 3. The summed E-state index contributed by atoms with van der Waals surface area (Å²) in [6.45, 7) is 1.81. The van der Waals surface area contributed by atoms with Gasteiger partial charge < -0.3 is 10.1 Å². The second-order valence-electron chi connectivity index (χ2n) is 4.40. The largest absolute Gasteiger partial charge is 0.381 e. The van der Waals surface area contributed by atoms with Gasteiger partial charge in [0.25, 0.3) is 0 Å². The molecule has 2 rings (SSSR count). The highest BCUT2D eigenvalue weighted by molar-refractivity contribution is 5.05. The Hall–Kier alpha value is -0.930. The molecule has 2 unspecified atom stereocenters. The maximum absolute atomic E-state index is 5.54. The van der Waals surface area contributed by atoms with Crippen LogP contribution in [0.25, 0.3) is 0 Å². The van der Waals surface area contributed by atoms with Crippen LogP contribution < -0.4 is 5.32 Å². The van der Waals surface area contributed by atoms with Crippen LogP contribution in [0.2, 0.25) is 0 Å². The number of aromatic nitrogens is 1. The molecule has 0 spiro atoms. The van der Waals surface area contributed by atoms with E-state index in [9.17, 15) is 0 Å². The molecule has 1 aliphatic heterocycles. The van der Waals surface area contributed by atoms with Crippen LogP contribution >= 0.6 is 0 Å². The quantitative estimate of drug-likeness (QED) is 0.837. The molecule has 0 amide bonds. The molecule has 3 nitrogen and oxygen atoms in total. The summed E-state index contributed by atoms with van der Waals surface area (Å²) in [5, 5.41) is 3.40. The zero-order valence-corrected chi connectivity index (χ0v) is 9.86. The van der Waals surface area contributed by atoms with Gasteiger partial charge in [-0.1, -0.05) is 6.07 Å². The maximum Gasteiger partial charge on any atom is 0.0509 e. The summed E-state index contributed by atoms with van der Waals surface area (Å²) >= 11 is 0. The number of ether oxygens (including phenoxy) is 1. The van der Waals surface area contributed by atoms with Crippen molar-refractivity contribution in [1.82, 2.24) is 10.3 Å². The highest BCUT2D eigenvalue weighted by atomic mass is 16.5. The van der Waals surface area contributed by atoms with E-state index >= 15 is 0 Å². The Morgan fingerprint density at radius 1 is 1.56 bits per heavy atom. The van der Waals surface area contributed by atoms with E-state index in [0.717, 1.165) is 25.3 Å². The molecule has 0 aliphatic carbocycles. The van der Waals surface area contributed by atoms with Crippen LogP contribution in [0.15, 0.2) is 24.4 Å². The predicted octanol–water partition coefficient (Wildman–Crippen LogP) is 1.64. The Kier molecular flexibility index (Phi) is 4.31. The third kappa shape index (κ3) is 3.03. The lowest BCUT2D eigenvalue weighted by Crippen LogP contribution is -2.40. The first-order chi connectivity index (χ1) is 7.90. The molecule has 0 radical (unpaired) electrons. The number of hydrogen-bond donors (Lipinski definition) is 1. The molecule has 0 bridgehead atoms. The fraction of sp³-hybridized carbons (Fsp3) is 0.615. The summed E-state index contributed by atoms with van der Waals surface area (Å²) in [5.41, 5.74) is 1.16. The maximum atomic E-state index is 5.54. The Morgan fingerprint density at radius 2 is 2.50 bits per heavy atom. The van der Waals surface area contributed by atoms with E-state index < -0.39 is 0 Å². The van der Waals surface area contributed by atoms with Gasteiger partial charge in [-0.25, -0.2) is 0 Å². The number of likely N-dealkylation sites (N-methyl/N-ethyl adjacent to an activating group) is 1. The van der Waals surface area contributed by atoms with Crippen LogP contribution in [-0.4, -0.2) is 31.3 Å². The van der Waals surface area contributed by atoms with Gasteiger partial charge in [-0.05, 0) is 37.9 Å². The van der Waals surface area contributed by atoms with Crippen LogP contribution in [0.3, 0.4) is 0 Å². The van der Waals surface area contributed by atoms with Crippen LogP contribution in [0.1, 0.15) is 18.5 Å². The van der Waals surface area contributed by atoms with Gasteiger partial charge in [0, 0.05) is 31.0 Å². The minimum Gasteiger partial charge on any atom is -0.381 e. The molecule has 3 heteroatoms. The van der Waals surface area contributed by atoms with Crippen molar-refractivity contribution >= 4 is 0 Å². The molecular formula is C13H20N2O. The van der Waals surface area contributed by atoms with Gasteiger partial charge in [0.05, 0.1) is 6.61 Å². The standard InChI is InChI=1S/C13H20N2O/c1-14-13(11-5-4-8-16-10-11)9-12-6-2-3-7-15-12/h2-3,6-7,11,13-14H,4-5,8-10H2,1H3. The van der Waals surface area contributed by atoms with Crippen molar-refractivity contribution in [2.75, 3.05) is 20.3 Å². The van der Waals surface area contributed by atoms with Gasteiger partial charge >= 0.3 is 0 Å². The first kappa shape index (κ1) is 11.6. The highest BCUT2D eigenvalue weighted by Gasteiger charge is 2.23. The van der Waals surface area contributed by atoms with Gasteiger partial charge in [0.1, 0.15) is 0 Å². The predicted molar refractivity (Wildman–Crippen MR) is 64.3 cm³/mol. The normalized spacial score (nSPS) is 22.9. The molecule has 0 saturated carbocycles. The molecule has 1 aliphatic rings. The smallest absolute Gasteiger partial charge is 0.0509 e. The summed E-state index contributed by atoms with van der Waals surface area (Å²) < 4.78 is 5.54. The second kappa shape index (κ2) is 5.97. The second-order valence-corrected chi connectivity index (χ2v) is 4.40. The lowest BCUT2D eigenvalue weighted by Gasteiger charge is -2.29. The lowest BCUT2D eigenvalue weighted by atomic mass is 9.90. The van der Waals surface area contributed by atoms with E-state index in [1.807, 2.05) is 25.4 Å². The average Bonchev–Trinajstić information content (AvgIpc) is 2.38. The molecular weight excluding hydrogens is 200 g/mol.